The number of ether oxygens (including phenoxy) is 1. The van der Waals surface area contributed by atoms with E-state index in [1.165, 1.54) is 0 Å². The van der Waals surface area contributed by atoms with Gasteiger partial charge in [-0.3, -0.25) is 4.79 Å². The maximum absolute atomic E-state index is 11.5. The second kappa shape index (κ2) is 10.1. The molecular formula is C15H24N2O2. The Kier molecular flexibility index (Phi) is 9.18. The molecule has 4 nitrogen and oxygen atoms in total. The molecule has 0 saturated heterocycles. The molecule has 106 valence electrons. The minimum absolute atomic E-state index is 0.338. The van der Waals surface area contributed by atoms with Gasteiger partial charge in [-0.05, 0) is 30.5 Å². The molecule has 0 saturated carbocycles. The van der Waals surface area contributed by atoms with Crippen LogP contribution in [0.25, 0.3) is 0 Å². The Balaban J connectivity index is 0.00000154. The molecule has 0 heterocycles. The van der Waals surface area contributed by atoms with Crippen molar-refractivity contribution in [2.24, 2.45) is 5.73 Å². The first-order valence-corrected chi connectivity index (χ1v) is 6.40. The molecule has 1 atom stereocenters. The summed E-state index contributed by atoms with van der Waals surface area (Å²) in [6, 6.07) is 6.73. The minimum Gasteiger partial charge on any atom is -0.465 e. The molecule has 4 heteroatoms. The summed E-state index contributed by atoms with van der Waals surface area (Å²) in [6.45, 7) is 8.49. The third-order valence-electron chi connectivity index (χ3n) is 2.48. The normalized spacial score (nSPS) is 11.1. The lowest BCUT2D eigenvalue weighted by atomic mass is 10.1. The van der Waals surface area contributed by atoms with Crippen LogP contribution in [0, 0.1) is 0 Å². The van der Waals surface area contributed by atoms with Crippen molar-refractivity contribution in [3.63, 3.8) is 0 Å². The Labute approximate surface area is 115 Å². The molecular weight excluding hydrogens is 240 g/mol. The van der Waals surface area contributed by atoms with Gasteiger partial charge in [0, 0.05) is 5.69 Å². The van der Waals surface area contributed by atoms with E-state index in [1.807, 2.05) is 19.1 Å². The summed E-state index contributed by atoms with van der Waals surface area (Å²) >= 11 is 0. The predicted molar refractivity (Wildman–Crippen MR) is 79.7 cm³/mol. The number of benzene rings is 1. The number of carbonyl (C=O) groups is 1. The number of carbonyl (C=O) groups excluding carboxylic acids is 1. The summed E-state index contributed by atoms with van der Waals surface area (Å²) in [6.07, 6.45) is 2.35. The highest BCUT2D eigenvalue weighted by Crippen LogP contribution is 2.08. The first kappa shape index (κ1) is 17.2. The van der Waals surface area contributed by atoms with Crippen LogP contribution in [0.1, 0.15) is 25.3 Å². The SMILES string of the molecule is C=C.CCCCOC(=O)C(N)Cc1ccc(N)cc1. The smallest absolute Gasteiger partial charge is 0.323 e. The van der Waals surface area contributed by atoms with Gasteiger partial charge in [0.2, 0.25) is 0 Å². The second-order valence-corrected chi connectivity index (χ2v) is 4.07. The first-order valence-electron chi connectivity index (χ1n) is 6.40. The largest absolute Gasteiger partial charge is 0.465 e. The zero-order valence-electron chi connectivity index (χ0n) is 11.6. The van der Waals surface area contributed by atoms with Gasteiger partial charge >= 0.3 is 5.97 Å². The Morgan fingerprint density at radius 3 is 2.42 bits per heavy atom. The molecule has 0 aromatic heterocycles. The standard InChI is InChI=1S/C13H20N2O2.C2H4/c1-2-3-8-17-13(16)12(15)9-10-4-6-11(14)7-5-10;1-2/h4-7,12H,2-3,8-9,14-15H2,1H3;1-2H2. The number of rotatable bonds is 6. The highest BCUT2D eigenvalue weighted by atomic mass is 16.5. The molecule has 0 fully saturated rings. The Hall–Kier alpha value is -1.81. The molecule has 0 aliphatic carbocycles. The third-order valence-corrected chi connectivity index (χ3v) is 2.48. The lowest BCUT2D eigenvalue weighted by Crippen LogP contribution is -2.34. The van der Waals surface area contributed by atoms with Crippen LogP contribution in [0.4, 0.5) is 5.69 Å². The van der Waals surface area contributed by atoms with Gasteiger partial charge in [-0.25, -0.2) is 0 Å². The van der Waals surface area contributed by atoms with E-state index >= 15 is 0 Å². The third kappa shape index (κ3) is 7.26. The summed E-state index contributed by atoms with van der Waals surface area (Å²) in [5.74, 6) is -0.338. The van der Waals surface area contributed by atoms with Crippen molar-refractivity contribution in [1.29, 1.82) is 0 Å². The van der Waals surface area contributed by atoms with E-state index in [9.17, 15) is 4.79 Å². The van der Waals surface area contributed by atoms with Gasteiger partial charge in [0.1, 0.15) is 6.04 Å². The molecule has 0 spiro atoms. The Morgan fingerprint density at radius 1 is 1.32 bits per heavy atom. The number of hydrogen-bond acceptors (Lipinski definition) is 4. The van der Waals surface area contributed by atoms with Crippen LogP contribution in [-0.2, 0) is 16.0 Å². The number of nitrogen functional groups attached to an aromatic ring is 1. The molecule has 4 N–H and O–H groups in total. The zero-order valence-corrected chi connectivity index (χ0v) is 11.6. The summed E-state index contributed by atoms with van der Waals surface area (Å²) in [7, 11) is 0. The number of unbranched alkanes of at least 4 members (excludes halogenated alkanes) is 1. The fourth-order valence-corrected chi connectivity index (χ4v) is 1.42. The van der Waals surface area contributed by atoms with Crippen LogP contribution in [0.2, 0.25) is 0 Å². The first-order chi connectivity index (χ1) is 9.13. The van der Waals surface area contributed by atoms with Crippen LogP contribution in [0.15, 0.2) is 37.4 Å². The molecule has 0 aliphatic rings. The highest BCUT2D eigenvalue weighted by Gasteiger charge is 2.15. The maximum atomic E-state index is 11.5. The fourth-order valence-electron chi connectivity index (χ4n) is 1.42. The van der Waals surface area contributed by atoms with Gasteiger partial charge in [0.05, 0.1) is 6.61 Å². The Bertz CT molecular complexity index is 363. The average Bonchev–Trinajstić information content (AvgIpc) is 2.43. The quantitative estimate of drug-likeness (QED) is 0.357. The van der Waals surface area contributed by atoms with E-state index in [4.69, 9.17) is 16.2 Å². The monoisotopic (exact) mass is 264 g/mol. The van der Waals surface area contributed by atoms with Crippen molar-refractivity contribution < 1.29 is 9.53 Å². The van der Waals surface area contributed by atoms with Crippen molar-refractivity contribution in [2.75, 3.05) is 12.3 Å². The highest BCUT2D eigenvalue weighted by molar-refractivity contribution is 5.75. The molecule has 0 amide bonds. The van der Waals surface area contributed by atoms with Gasteiger partial charge in [0.25, 0.3) is 0 Å². The van der Waals surface area contributed by atoms with Crippen LogP contribution < -0.4 is 11.5 Å². The summed E-state index contributed by atoms with van der Waals surface area (Å²) < 4.78 is 5.05. The maximum Gasteiger partial charge on any atom is 0.323 e. The van der Waals surface area contributed by atoms with Crippen molar-refractivity contribution in [3.05, 3.63) is 43.0 Å². The summed E-state index contributed by atoms with van der Waals surface area (Å²) in [5.41, 5.74) is 13.0. The number of anilines is 1. The van der Waals surface area contributed by atoms with Crippen LogP contribution in [-0.4, -0.2) is 18.6 Å². The van der Waals surface area contributed by atoms with Gasteiger partial charge in [-0.15, -0.1) is 13.2 Å². The average molecular weight is 264 g/mol. The van der Waals surface area contributed by atoms with Crippen molar-refractivity contribution >= 4 is 11.7 Å². The van der Waals surface area contributed by atoms with Gasteiger partial charge in [-0.2, -0.15) is 0 Å². The Morgan fingerprint density at radius 2 is 1.89 bits per heavy atom. The number of nitrogens with two attached hydrogens (primary N) is 2. The molecule has 1 rings (SSSR count). The molecule has 1 unspecified atom stereocenters. The van der Waals surface area contributed by atoms with Gasteiger partial charge in [-0.1, -0.05) is 25.5 Å². The lowest BCUT2D eigenvalue weighted by Gasteiger charge is -2.11. The van der Waals surface area contributed by atoms with Crippen LogP contribution in [0.3, 0.4) is 0 Å². The molecule has 0 bridgehead atoms. The van der Waals surface area contributed by atoms with Gasteiger partial charge in [0.15, 0.2) is 0 Å². The minimum atomic E-state index is -0.601. The predicted octanol–water partition coefficient (Wildman–Crippen LogP) is 2.28. The molecule has 1 aromatic rings. The summed E-state index contributed by atoms with van der Waals surface area (Å²) in [5, 5.41) is 0. The fraction of sp³-hybridized carbons (Fsp3) is 0.400. The van der Waals surface area contributed by atoms with E-state index in [0.717, 1.165) is 18.4 Å². The molecule has 19 heavy (non-hydrogen) atoms. The lowest BCUT2D eigenvalue weighted by molar-refractivity contribution is -0.145. The molecule has 1 aromatic carbocycles. The van der Waals surface area contributed by atoms with Crippen LogP contribution in [0.5, 0.6) is 0 Å². The second-order valence-electron chi connectivity index (χ2n) is 4.07. The summed E-state index contributed by atoms with van der Waals surface area (Å²) in [4.78, 5) is 11.5. The topological polar surface area (TPSA) is 78.3 Å². The number of esters is 1. The van der Waals surface area contributed by atoms with Crippen molar-refractivity contribution in [1.82, 2.24) is 0 Å². The van der Waals surface area contributed by atoms with Crippen LogP contribution >= 0.6 is 0 Å². The van der Waals surface area contributed by atoms with E-state index in [2.05, 4.69) is 13.2 Å². The van der Waals surface area contributed by atoms with E-state index in [-0.39, 0.29) is 5.97 Å². The number of hydrogen-bond donors (Lipinski definition) is 2. The van der Waals surface area contributed by atoms with E-state index < -0.39 is 6.04 Å². The molecule has 0 aliphatic heterocycles. The van der Waals surface area contributed by atoms with Crippen molar-refractivity contribution in [3.8, 4) is 0 Å². The van der Waals surface area contributed by atoms with E-state index in [0.29, 0.717) is 18.7 Å². The zero-order chi connectivity index (χ0) is 14.7. The van der Waals surface area contributed by atoms with Gasteiger partial charge < -0.3 is 16.2 Å². The molecule has 0 radical (unpaired) electrons. The van der Waals surface area contributed by atoms with Crippen molar-refractivity contribution in [2.45, 2.75) is 32.2 Å². The van der Waals surface area contributed by atoms with E-state index in [1.54, 1.807) is 12.1 Å².